The molecule has 0 radical (unpaired) electrons. The summed E-state index contributed by atoms with van der Waals surface area (Å²) in [6, 6.07) is 0. The van der Waals surface area contributed by atoms with Crippen LogP contribution in [-0.2, 0) is 27.6 Å². The average Bonchev–Trinajstić information content (AvgIpc) is 2.52. The van der Waals surface area contributed by atoms with E-state index >= 15 is 0 Å². The molecule has 0 amide bonds. The molecule has 0 aliphatic carbocycles. The molecule has 2 aliphatic rings. The van der Waals surface area contributed by atoms with Gasteiger partial charge >= 0.3 is 7.12 Å². The lowest BCUT2D eigenvalue weighted by Gasteiger charge is -2.51. The first-order valence-corrected chi connectivity index (χ1v) is 16.7. The maximum absolute atomic E-state index is 6.59. The van der Waals surface area contributed by atoms with Gasteiger partial charge in [-0.25, -0.2) is 0 Å². The molecule has 2 aliphatic heterocycles. The van der Waals surface area contributed by atoms with Crippen molar-refractivity contribution in [3.05, 3.63) is 0 Å². The molecular weight excluding hydrogens is 367 g/mol. The summed E-state index contributed by atoms with van der Waals surface area (Å²) in [6.45, 7) is 15.8. The van der Waals surface area contributed by atoms with Crippen molar-refractivity contribution in [1.82, 2.24) is 0 Å². The van der Waals surface area contributed by atoms with Crippen molar-refractivity contribution in [2.45, 2.75) is 96.1 Å². The highest BCUT2D eigenvalue weighted by Gasteiger charge is 2.53. The first-order valence-electron chi connectivity index (χ1n) is 9.85. The first-order chi connectivity index (χ1) is 12.0. The maximum Gasteiger partial charge on any atom is 0.457 e. The number of rotatable bonds is 8. The Hall–Kier alpha value is 0.259. The zero-order valence-corrected chi connectivity index (χ0v) is 19.7. The average molecular weight is 404 g/mol. The minimum Gasteiger partial charge on any atom is -0.409 e. The van der Waals surface area contributed by atoms with Crippen LogP contribution in [0.4, 0.5) is 0 Å². The lowest BCUT2D eigenvalue weighted by molar-refractivity contribution is -0.292. The summed E-state index contributed by atoms with van der Waals surface area (Å²) in [6.07, 6.45) is 1.75. The molecule has 2 heterocycles. The smallest absolute Gasteiger partial charge is 0.409 e. The van der Waals surface area contributed by atoms with Crippen molar-refractivity contribution in [3.63, 3.8) is 0 Å². The third-order valence-electron chi connectivity index (χ3n) is 4.35. The van der Waals surface area contributed by atoms with Crippen molar-refractivity contribution in [1.29, 1.82) is 0 Å². The van der Waals surface area contributed by atoms with E-state index in [0.717, 1.165) is 19.2 Å². The fourth-order valence-corrected chi connectivity index (χ4v) is 5.53. The van der Waals surface area contributed by atoms with Crippen LogP contribution >= 0.6 is 0 Å². The lowest BCUT2D eigenvalue weighted by Crippen LogP contribution is -2.67. The Labute approximate surface area is 161 Å². The van der Waals surface area contributed by atoms with E-state index in [1.807, 2.05) is 0 Å². The van der Waals surface area contributed by atoms with Crippen molar-refractivity contribution >= 4 is 23.8 Å². The molecule has 5 atom stereocenters. The Balaban J connectivity index is 2.24. The molecule has 0 N–H and O–H groups in total. The second-order valence-electron chi connectivity index (χ2n) is 9.17. The largest absolute Gasteiger partial charge is 0.457 e. The summed E-state index contributed by atoms with van der Waals surface area (Å²) < 4.78 is 37.0. The number of methoxy groups -OCH3 is 1. The van der Waals surface area contributed by atoms with E-state index in [-0.39, 0.29) is 31.5 Å². The highest BCUT2D eigenvalue weighted by atomic mass is 28.4. The monoisotopic (exact) mass is 404 g/mol. The number of hydrogen-bond donors (Lipinski definition) is 0. The van der Waals surface area contributed by atoms with Crippen molar-refractivity contribution < 1.29 is 27.6 Å². The Morgan fingerprint density at radius 2 is 1.62 bits per heavy atom. The second kappa shape index (κ2) is 9.17. The first kappa shape index (κ1) is 22.5. The molecule has 0 saturated carbocycles. The number of unbranched alkanes of at least 4 members (excludes halogenated alkanes) is 1. The Morgan fingerprint density at radius 3 is 2.15 bits per heavy atom. The molecule has 0 bridgehead atoms. The van der Waals surface area contributed by atoms with Crippen LogP contribution in [0.3, 0.4) is 0 Å². The van der Waals surface area contributed by atoms with Gasteiger partial charge in [0.25, 0.3) is 0 Å². The zero-order chi connectivity index (χ0) is 19.5. The van der Waals surface area contributed by atoms with E-state index < -0.39 is 22.9 Å². The number of fused-ring (bicyclic) bond motifs is 1. The van der Waals surface area contributed by atoms with Crippen LogP contribution in [0.1, 0.15) is 19.8 Å². The van der Waals surface area contributed by atoms with Crippen LogP contribution < -0.4 is 0 Å². The van der Waals surface area contributed by atoms with Gasteiger partial charge in [0.1, 0.15) is 18.3 Å². The molecule has 0 unspecified atom stereocenters. The fourth-order valence-electron chi connectivity index (χ4n) is 3.38. The standard InChI is InChI=1S/C17H37BO6Si2/c1-9-10-11-18-20-12-13-14(22-18)15(23-25(3,4)5)16(17(19-2)21-13)24-26(6,7)8/h13-17H,9-12H2,1-8H3/t13-,14-,15+,16+,17+/m1/s1. The van der Waals surface area contributed by atoms with Crippen molar-refractivity contribution in [3.8, 4) is 0 Å². The Morgan fingerprint density at radius 1 is 1.00 bits per heavy atom. The van der Waals surface area contributed by atoms with Crippen molar-refractivity contribution in [2.24, 2.45) is 0 Å². The van der Waals surface area contributed by atoms with E-state index in [0.29, 0.717) is 6.61 Å². The van der Waals surface area contributed by atoms with Gasteiger partial charge in [-0.15, -0.1) is 0 Å². The topological polar surface area (TPSA) is 55.4 Å². The summed E-state index contributed by atoms with van der Waals surface area (Å²) in [7, 11) is -2.19. The van der Waals surface area contributed by atoms with Crippen LogP contribution in [0.15, 0.2) is 0 Å². The highest BCUT2D eigenvalue weighted by molar-refractivity contribution is 6.70. The summed E-state index contributed by atoms with van der Waals surface area (Å²) >= 11 is 0. The van der Waals surface area contributed by atoms with E-state index in [4.69, 9.17) is 27.6 Å². The van der Waals surface area contributed by atoms with Gasteiger partial charge in [0, 0.05) is 7.11 Å². The predicted molar refractivity (Wildman–Crippen MR) is 108 cm³/mol. The Bertz CT molecular complexity index is 442. The zero-order valence-electron chi connectivity index (χ0n) is 17.7. The van der Waals surface area contributed by atoms with Gasteiger partial charge in [0.05, 0.1) is 12.7 Å². The fraction of sp³-hybridized carbons (Fsp3) is 1.00. The van der Waals surface area contributed by atoms with Gasteiger partial charge < -0.3 is 27.6 Å². The van der Waals surface area contributed by atoms with Crippen LogP contribution in [0.2, 0.25) is 45.6 Å². The molecule has 6 nitrogen and oxygen atoms in total. The van der Waals surface area contributed by atoms with E-state index in [9.17, 15) is 0 Å². The summed E-state index contributed by atoms with van der Waals surface area (Å²) in [4.78, 5) is 0. The number of hydrogen-bond acceptors (Lipinski definition) is 6. The van der Waals surface area contributed by atoms with E-state index in [1.165, 1.54) is 0 Å². The molecule has 9 heteroatoms. The molecule has 152 valence electrons. The molecule has 0 aromatic rings. The van der Waals surface area contributed by atoms with Gasteiger partial charge in [-0.3, -0.25) is 0 Å². The molecule has 2 fully saturated rings. The van der Waals surface area contributed by atoms with Gasteiger partial charge in [0.2, 0.25) is 0 Å². The molecular formula is C17H37BO6Si2. The van der Waals surface area contributed by atoms with Crippen LogP contribution in [0.5, 0.6) is 0 Å². The number of ether oxygens (including phenoxy) is 2. The van der Waals surface area contributed by atoms with Crippen LogP contribution in [-0.4, -0.2) is 68.2 Å². The van der Waals surface area contributed by atoms with Crippen LogP contribution in [0, 0.1) is 0 Å². The summed E-state index contributed by atoms with van der Waals surface area (Å²) in [5.74, 6) is 0. The van der Waals surface area contributed by atoms with Gasteiger partial charge in [0.15, 0.2) is 22.9 Å². The lowest BCUT2D eigenvalue weighted by atomic mass is 9.79. The van der Waals surface area contributed by atoms with Crippen LogP contribution in [0.25, 0.3) is 0 Å². The van der Waals surface area contributed by atoms with Gasteiger partial charge in [-0.05, 0) is 45.6 Å². The quantitative estimate of drug-likeness (QED) is 0.577. The highest BCUT2D eigenvalue weighted by Crippen LogP contribution is 2.35. The molecule has 0 spiro atoms. The van der Waals surface area contributed by atoms with Crippen molar-refractivity contribution in [2.75, 3.05) is 13.7 Å². The third-order valence-corrected chi connectivity index (χ3v) is 6.31. The van der Waals surface area contributed by atoms with E-state index in [2.05, 4.69) is 46.2 Å². The maximum atomic E-state index is 6.59. The molecule has 26 heavy (non-hydrogen) atoms. The van der Waals surface area contributed by atoms with Gasteiger partial charge in [-0.1, -0.05) is 19.8 Å². The van der Waals surface area contributed by atoms with E-state index in [1.54, 1.807) is 7.11 Å². The minimum absolute atomic E-state index is 0.190. The predicted octanol–water partition coefficient (Wildman–Crippen LogP) is 3.50. The summed E-state index contributed by atoms with van der Waals surface area (Å²) in [5, 5.41) is 0. The SMILES string of the molecule is CCCCB1OC[C@H]2O[C@H](OC)[C@@H](O[Si](C)(C)C)[C@@H](O[Si](C)(C)C)[C@@H]2O1. The molecule has 2 saturated heterocycles. The molecule has 0 aromatic carbocycles. The molecule has 2 rings (SSSR count). The third kappa shape index (κ3) is 6.41. The second-order valence-corrected chi connectivity index (χ2v) is 18.1. The Kier molecular flexibility index (Phi) is 7.95. The molecule has 0 aromatic heterocycles. The van der Waals surface area contributed by atoms with Gasteiger partial charge in [-0.2, -0.15) is 0 Å². The minimum atomic E-state index is -1.83. The summed E-state index contributed by atoms with van der Waals surface area (Å²) in [5.41, 5.74) is 0. The normalized spacial score (nSPS) is 33.2.